The maximum atomic E-state index is 13.1. The predicted molar refractivity (Wildman–Crippen MR) is 245 cm³/mol. The van der Waals surface area contributed by atoms with Crippen LogP contribution in [-0.4, -0.2) is 64.3 Å². The van der Waals surface area contributed by atoms with Gasteiger partial charge in [0.05, 0.1) is 32.3 Å². The van der Waals surface area contributed by atoms with Gasteiger partial charge in [0, 0.05) is 40.9 Å². The average Bonchev–Trinajstić information content (AvgIpc) is 3.57. The van der Waals surface area contributed by atoms with Crippen LogP contribution in [0, 0.1) is 11.8 Å². The van der Waals surface area contributed by atoms with E-state index in [2.05, 4.69) is 57.6 Å². The predicted octanol–water partition coefficient (Wildman–Crippen LogP) is 9.79. The van der Waals surface area contributed by atoms with Crippen molar-refractivity contribution in [3.8, 4) is 28.5 Å². The molecule has 3 N–H and O–H groups in total. The molecule has 1 saturated carbocycles. The largest absolute Gasteiger partial charge is 0.494 e. The minimum Gasteiger partial charge on any atom is -0.494 e. The molecule has 330 valence electrons. The summed E-state index contributed by atoms with van der Waals surface area (Å²) in [5.74, 6) is 2.34. The van der Waals surface area contributed by atoms with Crippen molar-refractivity contribution in [2.75, 3.05) is 32.2 Å². The molecule has 3 aliphatic carbocycles. The van der Waals surface area contributed by atoms with E-state index in [9.17, 15) is 14.7 Å². The normalized spacial score (nSPS) is 21.8. The maximum Gasteiger partial charge on any atom is 0.329 e. The number of benzene rings is 3. The average molecular weight is 873 g/mol. The van der Waals surface area contributed by atoms with Gasteiger partial charge in [0.2, 0.25) is 11.8 Å². The first-order valence-electron chi connectivity index (χ1n) is 22.4. The van der Waals surface area contributed by atoms with E-state index in [0.29, 0.717) is 67.4 Å². The molecular formula is C51H58ClN5O6. The Labute approximate surface area is 375 Å². The first-order chi connectivity index (χ1) is 30.6. The van der Waals surface area contributed by atoms with Gasteiger partial charge >= 0.3 is 5.97 Å². The zero-order valence-corrected chi connectivity index (χ0v) is 37.3. The Balaban J connectivity index is 0.924. The van der Waals surface area contributed by atoms with Crippen LogP contribution in [0.25, 0.3) is 11.1 Å². The SMILES string of the molecule is COc1ncncc1-c1cccc(CC(=O)NCCCOc2ccc3c(c2)C2(CCC(Nc4cccc(Cl)c4)(C(=O)O)CC2)[C@@H](C[C@@H](C)COc2ccnc4c2[C@H](C)CCC4)C3)c1. The molecule has 8 rings (SSSR count). The lowest BCUT2D eigenvalue weighted by atomic mass is 9.59. The number of carbonyl (C=O) groups excluding carboxylic acids is 1. The molecule has 0 radical (unpaired) electrons. The number of nitrogens with zero attached hydrogens (tertiary/aromatic N) is 3. The van der Waals surface area contributed by atoms with Gasteiger partial charge in [-0.15, -0.1) is 0 Å². The van der Waals surface area contributed by atoms with Gasteiger partial charge in [0.25, 0.3) is 0 Å². The number of aliphatic carboxylic acids is 1. The van der Waals surface area contributed by atoms with Gasteiger partial charge in [-0.3, -0.25) is 9.78 Å². The number of nitrogens with one attached hydrogen (secondary N) is 2. The minimum atomic E-state index is -1.11. The van der Waals surface area contributed by atoms with E-state index >= 15 is 0 Å². The van der Waals surface area contributed by atoms with Crippen molar-refractivity contribution in [2.24, 2.45) is 11.8 Å². The molecule has 63 heavy (non-hydrogen) atoms. The van der Waals surface area contributed by atoms with Gasteiger partial charge in [0.1, 0.15) is 23.4 Å². The maximum absolute atomic E-state index is 13.1. The van der Waals surface area contributed by atoms with Crippen molar-refractivity contribution < 1.29 is 28.9 Å². The van der Waals surface area contributed by atoms with Crippen LogP contribution in [0.3, 0.4) is 0 Å². The molecule has 3 aromatic carbocycles. The number of anilines is 1. The number of carbonyl (C=O) groups is 2. The van der Waals surface area contributed by atoms with E-state index in [4.69, 9.17) is 25.8 Å². The molecule has 3 atom stereocenters. The third kappa shape index (κ3) is 9.78. The smallest absolute Gasteiger partial charge is 0.329 e. The van der Waals surface area contributed by atoms with E-state index in [1.54, 1.807) is 25.4 Å². The number of hydrogen-bond acceptors (Lipinski definition) is 9. The van der Waals surface area contributed by atoms with Crippen LogP contribution in [0.4, 0.5) is 5.69 Å². The van der Waals surface area contributed by atoms with Gasteiger partial charge < -0.3 is 30.0 Å². The van der Waals surface area contributed by atoms with Gasteiger partial charge in [-0.05, 0) is 146 Å². The topological polar surface area (TPSA) is 145 Å². The van der Waals surface area contributed by atoms with Crippen molar-refractivity contribution in [1.29, 1.82) is 0 Å². The Morgan fingerprint density at radius 2 is 1.84 bits per heavy atom. The van der Waals surface area contributed by atoms with Crippen molar-refractivity contribution in [3.05, 3.63) is 124 Å². The molecule has 11 nitrogen and oxygen atoms in total. The molecule has 0 bridgehead atoms. The van der Waals surface area contributed by atoms with E-state index in [1.165, 1.54) is 28.7 Å². The first-order valence-corrected chi connectivity index (χ1v) is 22.8. The second-order valence-electron chi connectivity index (χ2n) is 17.9. The number of hydrogen-bond donors (Lipinski definition) is 3. The first kappa shape index (κ1) is 43.9. The van der Waals surface area contributed by atoms with Crippen molar-refractivity contribution in [3.63, 3.8) is 0 Å². The molecule has 3 aliphatic rings. The monoisotopic (exact) mass is 871 g/mol. The number of aryl methyl sites for hydroxylation is 1. The van der Waals surface area contributed by atoms with Crippen LogP contribution in [0.1, 0.15) is 99.1 Å². The summed E-state index contributed by atoms with van der Waals surface area (Å²) in [6.07, 6.45) is 13.5. The number of pyridine rings is 1. The zero-order chi connectivity index (χ0) is 44.0. The second kappa shape index (κ2) is 19.4. The standard InChI is InChI=1S/C51H58ClN5O6/c1-33(31-63-45-16-22-54-44-13-4-8-34(2)47(44)45)24-38-27-37-14-15-41(29-43(37)50(38)17-19-51(20-18-50,49(59)60)57-40-12-6-11-39(52)28-40)62-23-7-21-55-46(58)26-35-9-5-10-36(25-35)42-30-53-32-56-48(42)61-3/h5-6,9-12,14-16,22,25,28-30,32-34,38,57H,4,7-8,13,17-21,23-24,26-27,31H2,1-3H3,(H,55,58)(H,59,60)/t33-,34-,38+,50?,51?/m1/s1. The summed E-state index contributed by atoms with van der Waals surface area (Å²) in [6.45, 7) is 6.08. The lowest BCUT2D eigenvalue weighted by Gasteiger charge is -2.47. The van der Waals surface area contributed by atoms with E-state index in [1.807, 2.05) is 48.7 Å². The number of methoxy groups -OCH3 is 1. The van der Waals surface area contributed by atoms with E-state index < -0.39 is 11.5 Å². The minimum absolute atomic E-state index is 0.0668. The number of fused-ring (bicyclic) bond motifs is 3. The quantitative estimate of drug-likeness (QED) is 0.0773. The van der Waals surface area contributed by atoms with Crippen molar-refractivity contribution in [1.82, 2.24) is 20.3 Å². The van der Waals surface area contributed by atoms with Crippen LogP contribution in [0.2, 0.25) is 5.02 Å². The van der Waals surface area contributed by atoms with E-state index in [0.717, 1.165) is 73.1 Å². The zero-order valence-electron chi connectivity index (χ0n) is 36.5. The summed E-state index contributed by atoms with van der Waals surface area (Å²) in [5.41, 5.74) is 6.92. The van der Waals surface area contributed by atoms with Crippen molar-refractivity contribution in [2.45, 2.75) is 101 Å². The Kier molecular flexibility index (Phi) is 13.5. The number of rotatable bonds is 17. The van der Waals surface area contributed by atoms with Gasteiger partial charge in [-0.1, -0.05) is 61.8 Å². The van der Waals surface area contributed by atoms with Crippen LogP contribution < -0.4 is 24.8 Å². The Bertz CT molecular complexity index is 2420. The fraction of sp³-hybridized carbons (Fsp3) is 0.431. The number of carboxylic acids is 1. The highest BCUT2D eigenvalue weighted by Crippen LogP contribution is 2.57. The summed E-state index contributed by atoms with van der Waals surface area (Å²) in [5, 5.41) is 17.7. The Morgan fingerprint density at radius 1 is 1.00 bits per heavy atom. The third-order valence-electron chi connectivity index (χ3n) is 13.6. The van der Waals surface area contributed by atoms with E-state index in [-0.39, 0.29) is 23.7 Å². The Hall–Kier alpha value is -5.68. The highest BCUT2D eigenvalue weighted by Gasteiger charge is 2.54. The molecule has 1 spiro atoms. The number of halogens is 1. The third-order valence-corrected chi connectivity index (χ3v) is 13.9. The molecule has 12 heteroatoms. The second-order valence-corrected chi connectivity index (χ2v) is 18.3. The van der Waals surface area contributed by atoms with Gasteiger partial charge in [-0.2, -0.15) is 0 Å². The molecule has 1 amide bonds. The number of aromatic nitrogens is 3. The molecule has 5 aromatic rings. The Morgan fingerprint density at radius 3 is 2.65 bits per heavy atom. The molecule has 0 aliphatic heterocycles. The fourth-order valence-electron chi connectivity index (χ4n) is 10.4. The lowest BCUT2D eigenvalue weighted by Crippen LogP contribution is -2.53. The number of amides is 1. The molecule has 0 saturated heterocycles. The van der Waals surface area contributed by atoms with Gasteiger partial charge in [-0.25, -0.2) is 14.8 Å². The van der Waals surface area contributed by atoms with Crippen LogP contribution in [-0.2, 0) is 34.3 Å². The molecule has 0 unspecified atom stereocenters. The molecule has 1 fully saturated rings. The van der Waals surface area contributed by atoms with Crippen LogP contribution in [0.5, 0.6) is 17.4 Å². The highest BCUT2D eigenvalue weighted by molar-refractivity contribution is 6.30. The summed E-state index contributed by atoms with van der Waals surface area (Å²) < 4.78 is 18.4. The summed E-state index contributed by atoms with van der Waals surface area (Å²) in [4.78, 5) is 39.1. The van der Waals surface area contributed by atoms with Crippen molar-refractivity contribution >= 4 is 29.2 Å². The fourth-order valence-corrected chi connectivity index (χ4v) is 10.6. The van der Waals surface area contributed by atoms with Gasteiger partial charge in [0.15, 0.2) is 0 Å². The molecular weight excluding hydrogens is 814 g/mol. The lowest BCUT2D eigenvalue weighted by molar-refractivity contribution is -0.144. The summed E-state index contributed by atoms with van der Waals surface area (Å²) in [6, 6.07) is 23.6. The number of ether oxygens (including phenoxy) is 3. The molecule has 2 aromatic heterocycles. The summed E-state index contributed by atoms with van der Waals surface area (Å²) in [7, 11) is 1.57. The summed E-state index contributed by atoms with van der Waals surface area (Å²) >= 11 is 6.32. The number of carboxylic acid groups (broad SMARTS) is 1. The van der Waals surface area contributed by atoms with Crippen LogP contribution in [0.15, 0.2) is 91.5 Å². The molecule has 2 heterocycles. The van der Waals surface area contributed by atoms with Crippen LogP contribution >= 0.6 is 11.6 Å². The highest BCUT2D eigenvalue weighted by atomic mass is 35.5.